The van der Waals surface area contributed by atoms with Gasteiger partial charge in [0.05, 0.1) is 17.3 Å². The lowest BCUT2D eigenvalue weighted by molar-refractivity contribution is 0.189. The molecule has 2 heterocycles. The zero-order chi connectivity index (χ0) is 16.9. The van der Waals surface area contributed by atoms with Gasteiger partial charge in [-0.15, -0.1) is 0 Å². The van der Waals surface area contributed by atoms with Gasteiger partial charge in [0.2, 0.25) is 5.95 Å². The molecule has 0 radical (unpaired) electrons. The first-order valence-electron chi connectivity index (χ1n) is 7.89. The topological polar surface area (TPSA) is 90.5 Å². The summed E-state index contributed by atoms with van der Waals surface area (Å²) in [5.41, 5.74) is 7.48. The molecule has 1 fully saturated rings. The molecule has 0 saturated carbocycles. The normalized spacial score (nSPS) is 15.5. The Morgan fingerprint density at radius 1 is 1.21 bits per heavy atom. The van der Waals surface area contributed by atoms with Crippen molar-refractivity contribution in [3.63, 3.8) is 0 Å². The van der Waals surface area contributed by atoms with Crippen LogP contribution in [0.25, 0.3) is 0 Å². The van der Waals surface area contributed by atoms with Crippen molar-refractivity contribution in [2.75, 3.05) is 55.3 Å². The van der Waals surface area contributed by atoms with Gasteiger partial charge < -0.3 is 21.1 Å². The van der Waals surface area contributed by atoms with Gasteiger partial charge in [-0.1, -0.05) is 11.6 Å². The number of nitrogens with two attached hydrogens (primary N) is 1. The van der Waals surface area contributed by atoms with Crippen LogP contribution in [0.15, 0.2) is 30.5 Å². The van der Waals surface area contributed by atoms with Crippen molar-refractivity contribution in [2.45, 2.75) is 0 Å². The SMILES string of the molecule is Nc1ccnc(Nc2ccc(N3CCN(CCO)CC3)c(Cl)c2)n1. The van der Waals surface area contributed by atoms with Gasteiger partial charge in [-0.25, -0.2) is 4.98 Å². The van der Waals surface area contributed by atoms with E-state index in [0.29, 0.717) is 16.8 Å². The minimum Gasteiger partial charge on any atom is -0.395 e. The summed E-state index contributed by atoms with van der Waals surface area (Å²) in [5, 5.41) is 12.8. The van der Waals surface area contributed by atoms with Crippen molar-refractivity contribution in [1.29, 1.82) is 0 Å². The Kier molecular flexibility index (Phi) is 5.34. The molecule has 0 amide bonds. The van der Waals surface area contributed by atoms with Crippen LogP contribution in [0.5, 0.6) is 0 Å². The highest BCUT2D eigenvalue weighted by Gasteiger charge is 2.18. The molecule has 7 nitrogen and oxygen atoms in total. The van der Waals surface area contributed by atoms with E-state index >= 15 is 0 Å². The number of aliphatic hydroxyl groups is 1. The van der Waals surface area contributed by atoms with E-state index in [1.807, 2.05) is 18.2 Å². The predicted molar refractivity (Wildman–Crippen MR) is 96.9 cm³/mol. The second-order valence-electron chi connectivity index (χ2n) is 5.65. The van der Waals surface area contributed by atoms with E-state index in [1.54, 1.807) is 12.3 Å². The largest absolute Gasteiger partial charge is 0.395 e. The van der Waals surface area contributed by atoms with Crippen LogP contribution in [0.2, 0.25) is 5.02 Å². The van der Waals surface area contributed by atoms with E-state index in [9.17, 15) is 0 Å². The van der Waals surface area contributed by atoms with Gasteiger partial charge in [0.15, 0.2) is 0 Å². The highest BCUT2D eigenvalue weighted by molar-refractivity contribution is 6.33. The average molecular weight is 349 g/mol. The fraction of sp³-hybridized carbons (Fsp3) is 0.375. The first-order valence-corrected chi connectivity index (χ1v) is 8.27. The number of β-amino-alcohol motifs (C(OH)–C–C–N with tert-alkyl or cyclic N) is 1. The van der Waals surface area contributed by atoms with Crippen LogP contribution in [-0.4, -0.2) is 59.3 Å². The Hall–Kier alpha value is -2.09. The Labute approximate surface area is 146 Å². The second-order valence-corrected chi connectivity index (χ2v) is 6.06. The maximum absolute atomic E-state index is 9.01. The van der Waals surface area contributed by atoms with Crippen molar-refractivity contribution >= 4 is 34.7 Å². The summed E-state index contributed by atoms with van der Waals surface area (Å²) in [6.45, 7) is 4.57. The molecule has 0 bridgehead atoms. The van der Waals surface area contributed by atoms with Gasteiger partial charge in [-0.3, -0.25) is 4.90 Å². The quantitative estimate of drug-likeness (QED) is 0.755. The first kappa shape index (κ1) is 16.8. The van der Waals surface area contributed by atoms with Crippen LogP contribution < -0.4 is 16.0 Å². The molecule has 0 spiro atoms. The zero-order valence-corrected chi connectivity index (χ0v) is 14.1. The summed E-state index contributed by atoms with van der Waals surface area (Å²) in [4.78, 5) is 12.7. The molecule has 128 valence electrons. The maximum atomic E-state index is 9.01. The van der Waals surface area contributed by atoms with Crippen molar-refractivity contribution < 1.29 is 5.11 Å². The van der Waals surface area contributed by atoms with E-state index in [4.69, 9.17) is 22.4 Å². The van der Waals surface area contributed by atoms with Gasteiger partial charge in [-0.2, -0.15) is 4.98 Å². The molecule has 0 aliphatic carbocycles. The molecule has 0 atom stereocenters. The molecule has 24 heavy (non-hydrogen) atoms. The number of nitrogens with zero attached hydrogens (tertiary/aromatic N) is 4. The lowest BCUT2D eigenvalue weighted by Gasteiger charge is -2.36. The fourth-order valence-corrected chi connectivity index (χ4v) is 3.06. The second kappa shape index (κ2) is 7.65. The van der Waals surface area contributed by atoms with E-state index in [0.717, 1.165) is 44.1 Å². The highest BCUT2D eigenvalue weighted by atomic mass is 35.5. The fourth-order valence-electron chi connectivity index (χ4n) is 2.76. The van der Waals surface area contributed by atoms with Crippen LogP contribution in [0.1, 0.15) is 0 Å². The van der Waals surface area contributed by atoms with Crippen molar-refractivity contribution in [3.05, 3.63) is 35.5 Å². The average Bonchev–Trinajstić information content (AvgIpc) is 2.56. The lowest BCUT2D eigenvalue weighted by Crippen LogP contribution is -2.47. The van der Waals surface area contributed by atoms with Crippen LogP contribution in [-0.2, 0) is 0 Å². The van der Waals surface area contributed by atoms with E-state index < -0.39 is 0 Å². The first-order chi connectivity index (χ1) is 11.7. The molecular weight excluding hydrogens is 328 g/mol. The number of hydrogen-bond acceptors (Lipinski definition) is 7. The third-order valence-corrected chi connectivity index (χ3v) is 4.31. The van der Waals surface area contributed by atoms with Crippen molar-refractivity contribution in [3.8, 4) is 0 Å². The molecule has 1 aliphatic heterocycles. The van der Waals surface area contributed by atoms with Gasteiger partial charge >= 0.3 is 0 Å². The predicted octanol–water partition coefficient (Wildman–Crippen LogP) is 1.57. The standard InChI is InChI=1S/C16H21ClN6O/c17-13-11-12(20-16-19-4-3-15(18)21-16)1-2-14(13)23-7-5-22(6-8-23)9-10-24/h1-4,11,24H,5-10H2,(H3,18,19,20,21). The maximum Gasteiger partial charge on any atom is 0.229 e. The number of rotatable bonds is 5. The molecule has 8 heteroatoms. The molecule has 0 unspecified atom stereocenters. The number of hydrogen-bond donors (Lipinski definition) is 3. The summed E-state index contributed by atoms with van der Waals surface area (Å²) in [5.74, 6) is 0.854. The summed E-state index contributed by atoms with van der Waals surface area (Å²) in [7, 11) is 0. The number of halogens is 1. The Morgan fingerprint density at radius 2 is 2.00 bits per heavy atom. The summed E-state index contributed by atoms with van der Waals surface area (Å²) >= 11 is 6.46. The zero-order valence-electron chi connectivity index (χ0n) is 13.3. The molecular formula is C16H21ClN6O. The van der Waals surface area contributed by atoms with E-state index in [2.05, 4.69) is 25.1 Å². The van der Waals surface area contributed by atoms with Gasteiger partial charge in [-0.05, 0) is 24.3 Å². The van der Waals surface area contributed by atoms with Gasteiger partial charge in [0.25, 0.3) is 0 Å². The number of nitrogens with one attached hydrogen (secondary N) is 1. The third kappa shape index (κ3) is 4.05. The highest BCUT2D eigenvalue weighted by Crippen LogP contribution is 2.30. The number of piperazine rings is 1. The van der Waals surface area contributed by atoms with E-state index in [-0.39, 0.29) is 6.61 Å². The number of nitrogen functional groups attached to an aromatic ring is 1. The van der Waals surface area contributed by atoms with Crippen LogP contribution >= 0.6 is 11.6 Å². The van der Waals surface area contributed by atoms with E-state index in [1.165, 1.54) is 0 Å². The van der Waals surface area contributed by atoms with Gasteiger partial charge in [0.1, 0.15) is 5.82 Å². The minimum absolute atomic E-state index is 0.202. The Morgan fingerprint density at radius 3 is 2.67 bits per heavy atom. The summed E-state index contributed by atoms with van der Waals surface area (Å²) in [6, 6.07) is 7.45. The van der Waals surface area contributed by atoms with Crippen molar-refractivity contribution in [1.82, 2.24) is 14.9 Å². The molecule has 2 aromatic rings. The molecule has 4 N–H and O–H groups in total. The lowest BCUT2D eigenvalue weighted by atomic mass is 10.2. The Balaban J connectivity index is 1.67. The number of benzene rings is 1. The molecule has 1 aromatic heterocycles. The number of aliphatic hydroxyl groups excluding tert-OH is 1. The minimum atomic E-state index is 0.202. The smallest absolute Gasteiger partial charge is 0.229 e. The Bertz CT molecular complexity index is 690. The van der Waals surface area contributed by atoms with Crippen molar-refractivity contribution in [2.24, 2.45) is 0 Å². The summed E-state index contributed by atoms with van der Waals surface area (Å²) in [6.07, 6.45) is 1.60. The van der Waals surface area contributed by atoms with Crippen LogP contribution in [0.4, 0.5) is 23.1 Å². The molecule has 1 saturated heterocycles. The van der Waals surface area contributed by atoms with Gasteiger partial charge in [0, 0.05) is 44.6 Å². The van der Waals surface area contributed by atoms with Crippen LogP contribution in [0.3, 0.4) is 0 Å². The summed E-state index contributed by atoms with van der Waals surface area (Å²) < 4.78 is 0. The number of anilines is 4. The molecule has 3 rings (SSSR count). The number of aromatic nitrogens is 2. The molecule has 1 aromatic carbocycles. The third-order valence-electron chi connectivity index (χ3n) is 4.01. The monoisotopic (exact) mass is 348 g/mol. The molecule has 1 aliphatic rings. The van der Waals surface area contributed by atoms with Crippen LogP contribution in [0, 0.1) is 0 Å².